The van der Waals surface area contributed by atoms with Crippen LogP contribution in [0.5, 0.6) is 11.5 Å². The number of ether oxygens (including phenoxy) is 1. The van der Waals surface area contributed by atoms with E-state index in [2.05, 4.69) is 20.5 Å². The van der Waals surface area contributed by atoms with Gasteiger partial charge in [-0.05, 0) is 54.6 Å². The summed E-state index contributed by atoms with van der Waals surface area (Å²) >= 11 is 0. The largest absolute Gasteiger partial charge is 0.504 e. The molecule has 0 atom stereocenters. The third-order valence-corrected chi connectivity index (χ3v) is 5.82. The number of methoxy groups -OCH3 is 1. The van der Waals surface area contributed by atoms with Gasteiger partial charge in [-0.1, -0.05) is 0 Å². The Kier molecular flexibility index (Phi) is 6.83. The van der Waals surface area contributed by atoms with Gasteiger partial charge in [0.2, 0.25) is 0 Å². The van der Waals surface area contributed by atoms with Crippen LogP contribution in [0.3, 0.4) is 0 Å². The summed E-state index contributed by atoms with van der Waals surface area (Å²) in [7, 11) is -7.70. The van der Waals surface area contributed by atoms with Crippen molar-refractivity contribution in [3.8, 4) is 11.5 Å². The zero-order valence-corrected chi connectivity index (χ0v) is 18.4. The number of hydrogen-bond donors (Lipinski definition) is 3. The Morgan fingerprint density at radius 2 is 1.24 bits per heavy atom. The van der Waals surface area contributed by atoms with Gasteiger partial charge in [-0.2, -0.15) is 32.2 Å². The first-order valence-corrected chi connectivity index (χ1v) is 11.7. The molecule has 0 bridgehead atoms. The van der Waals surface area contributed by atoms with Crippen LogP contribution in [0.15, 0.2) is 90.9 Å². The molecule has 0 aliphatic carbocycles. The second-order valence-corrected chi connectivity index (χ2v) is 9.16. The Balaban J connectivity index is 1.90. The fourth-order valence-corrected chi connectivity index (χ4v) is 3.62. The number of azo groups is 2. The van der Waals surface area contributed by atoms with Gasteiger partial charge in [-0.15, -0.1) is 5.11 Å². The fourth-order valence-electron chi connectivity index (χ4n) is 2.49. The van der Waals surface area contributed by atoms with Crippen molar-refractivity contribution in [1.29, 1.82) is 0 Å². The Labute approximate surface area is 188 Å². The van der Waals surface area contributed by atoms with Crippen molar-refractivity contribution in [2.24, 2.45) is 20.5 Å². The average molecular weight is 492 g/mol. The minimum absolute atomic E-state index is 0.0479. The van der Waals surface area contributed by atoms with E-state index in [9.17, 15) is 26.5 Å². The number of phenolic OH excluding ortho intramolecular Hbond substituents is 1. The van der Waals surface area contributed by atoms with Gasteiger partial charge in [0.25, 0.3) is 20.2 Å². The average Bonchev–Trinajstić information content (AvgIpc) is 2.76. The summed E-state index contributed by atoms with van der Waals surface area (Å²) < 4.78 is 69.3. The molecule has 3 aromatic rings. The topological polar surface area (TPSA) is 188 Å². The summed E-state index contributed by atoms with van der Waals surface area (Å²) in [6.45, 7) is 0. The molecule has 0 saturated heterocycles. The van der Waals surface area contributed by atoms with E-state index in [-0.39, 0.29) is 39.1 Å². The van der Waals surface area contributed by atoms with Gasteiger partial charge < -0.3 is 9.84 Å². The lowest BCUT2D eigenvalue weighted by Crippen LogP contribution is -1.98. The Hall–Kier alpha value is -3.72. The standard InChI is InChI=1S/C19H16N4O8S2/c1-31-18-10-13(5-9-17(18)24)22-23-16-8-4-14(11-19(16)33(28,29)30)21-20-12-2-6-15(7-3-12)32(25,26)27/h2-11,24H,1H3,(H,25,26,27)(H,28,29,30)/b21-20+,23-22?. The van der Waals surface area contributed by atoms with Crippen LogP contribution in [-0.2, 0) is 20.2 Å². The molecule has 0 radical (unpaired) electrons. The number of phenols is 1. The number of nitrogens with zero attached hydrogens (tertiary/aromatic N) is 4. The van der Waals surface area contributed by atoms with E-state index in [1.165, 1.54) is 49.6 Å². The maximum atomic E-state index is 11.8. The highest BCUT2D eigenvalue weighted by Gasteiger charge is 2.17. The van der Waals surface area contributed by atoms with Crippen molar-refractivity contribution in [3.63, 3.8) is 0 Å². The molecule has 0 saturated carbocycles. The van der Waals surface area contributed by atoms with E-state index < -0.39 is 25.1 Å². The van der Waals surface area contributed by atoms with Crippen molar-refractivity contribution in [1.82, 2.24) is 0 Å². The van der Waals surface area contributed by atoms with Gasteiger partial charge in [-0.25, -0.2) is 0 Å². The molecule has 0 aliphatic rings. The summed E-state index contributed by atoms with van der Waals surface area (Å²) in [4.78, 5) is -0.897. The Morgan fingerprint density at radius 3 is 1.85 bits per heavy atom. The molecular weight excluding hydrogens is 476 g/mol. The van der Waals surface area contributed by atoms with Crippen LogP contribution in [0.1, 0.15) is 0 Å². The number of aromatic hydroxyl groups is 1. The lowest BCUT2D eigenvalue weighted by Gasteiger charge is -2.04. The molecular formula is C19H16N4O8S2. The molecule has 0 aliphatic heterocycles. The highest BCUT2D eigenvalue weighted by Crippen LogP contribution is 2.33. The Morgan fingerprint density at radius 1 is 0.697 bits per heavy atom. The quantitative estimate of drug-likeness (QED) is 0.312. The van der Waals surface area contributed by atoms with Crippen LogP contribution < -0.4 is 4.74 Å². The maximum absolute atomic E-state index is 11.8. The van der Waals surface area contributed by atoms with Crippen LogP contribution >= 0.6 is 0 Å². The van der Waals surface area contributed by atoms with Crippen LogP contribution in [0.25, 0.3) is 0 Å². The molecule has 0 spiro atoms. The lowest BCUT2D eigenvalue weighted by atomic mass is 10.3. The number of rotatable bonds is 7. The highest BCUT2D eigenvalue weighted by molar-refractivity contribution is 7.86. The van der Waals surface area contributed by atoms with E-state index in [0.717, 1.165) is 18.2 Å². The van der Waals surface area contributed by atoms with Crippen LogP contribution in [0, 0.1) is 0 Å². The summed E-state index contributed by atoms with van der Waals surface area (Å²) in [5.74, 6) is 0.0271. The summed E-state index contributed by atoms with van der Waals surface area (Å²) in [5, 5.41) is 25.0. The minimum atomic E-state index is -4.70. The smallest absolute Gasteiger partial charge is 0.296 e. The molecule has 0 fully saturated rings. The predicted octanol–water partition coefficient (Wildman–Crippen LogP) is 4.73. The second-order valence-electron chi connectivity index (χ2n) is 6.35. The van der Waals surface area contributed by atoms with E-state index in [0.29, 0.717) is 0 Å². The maximum Gasteiger partial charge on any atom is 0.296 e. The molecule has 0 unspecified atom stereocenters. The van der Waals surface area contributed by atoms with Crippen molar-refractivity contribution in [2.75, 3.05) is 7.11 Å². The second kappa shape index (κ2) is 9.41. The van der Waals surface area contributed by atoms with Gasteiger partial charge in [0, 0.05) is 6.07 Å². The van der Waals surface area contributed by atoms with Crippen molar-refractivity contribution in [3.05, 3.63) is 60.7 Å². The molecule has 172 valence electrons. The lowest BCUT2D eigenvalue weighted by molar-refractivity contribution is 0.373. The molecule has 3 rings (SSSR count). The first-order chi connectivity index (χ1) is 15.5. The predicted molar refractivity (Wildman–Crippen MR) is 116 cm³/mol. The molecule has 0 heterocycles. The SMILES string of the molecule is COc1cc(N=Nc2ccc(/N=N/c3ccc(S(=O)(=O)O)cc3)cc2S(=O)(=O)O)ccc1O. The Bertz CT molecular complexity index is 1450. The van der Waals surface area contributed by atoms with Crippen LogP contribution in [0.4, 0.5) is 22.7 Å². The van der Waals surface area contributed by atoms with Crippen LogP contribution in [-0.4, -0.2) is 38.2 Å². The van der Waals surface area contributed by atoms with Gasteiger partial charge in [0.15, 0.2) is 11.5 Å². The van der Waals surface area contributed by atoms with E-state index in [4.69, 9.17) is 9.29 Å². The highest BCUT2D eigenvalue weighted by atomic mass is 32.2. The third kappa shape index (κ3) is 6.17. The normalized spacial score (nSPS) is 12.5. The van der Waals surface area contributed by atoms with Crippen molar-refractivity contribution < 1.29 is 35.8 Å². The first kappa shape index (κ1) is 23.9. The first-order valence-electron chi connectivity index (χ1n) is 8.87. The third-order valence-electron chi connectivity index (χ3n) is 4.07. The molecule has 3 aromatic carbocycles. The van der Waals surface area contributed by atoms with E-state index in [1.807, 2.05) is 0 Å². The van der Waals surface area contributed by atoms with E-state index >= 15 is 0 Å². The van der Waals surface area contributed by atoms with Gasteiger partial charge >= 0.3 is 0 Å². The molecule has 0 aromatic heterocycles. The molecule has 33 heavy (non-hydrogen) atoms. The molecule has 12 nitrogen and oxygen atoms in total. The van der Waals surface area contributed by atoms with E-state index in [1.54, 1.807) is 0 Å². The molecule has 0 amide bonds. The molecule has 3 N–H and O–H groups in total. The zero-order valence-electron chi connectivity index (χ0n) is 16.8. The minimum Gasteiger partial charge on any atom is -0.504 e. The van der Waals surface area contributed by atoms with Gasteiger partial charge in [0.05, 0.1) is 29.1 Å². The zero-order chi connectivity index (χ0) is 24.2. The fraction of sp³-hybridized carbons (Fsp3) is 0.0526. The monoisotopic (exact) mass is 492 g/mol. The summed E-state index contributed by atoms with van der Waals surface area (Å²) in [6, 6.07) is 12.6. The number of benzene rings is 3. The van der Waals surface area contributed by atoms with Crippen molar-refractivity contribution in [2.45, 2.75) is 9.79 Å². The summed E-state index contributed by atoms with van der Waals surface area (Å²) in [6.07, 6.45) is 0. The number of hydrogen-bond acceptors (Lipinski definition) is 10. The summed E-state index contributed by atoms with van der Waals surface area (Å²) in [5.41, 5.74) is 0.344. The van der Waals surface area contributed by atoms with Gasteiger partial charge in [-0.3, -0.25) is 9.11 Å². The van der Waals surface area contributed by atoms with Crippen LogP contribution in [0.2, 0.25) is 0 Å². The van der Waals surface area contributed by atoms with Crippen molar-refractivity contribution >= 4 is 43.0 Å². The molecule has 14 heteroatoms. The van der Waals surface area contributed by atoms with Gasteiger partial charge in [0.1, 0.15) is 10.6 Å².